The molecule has 0 atom stereocenters. The average Bonchev–Trinajstić information content (AvgIpc) is 2.66. The van der Waals surface area contributed by atoms with Crippen LogP contribution in [0, 0.1) is 5.82 Å². The Morgan fingerprint density at radius 1 is 1.30 bits per heavy atom. The molecule has 2 aromatic rings. The SMILES string of the molecule is O=C(Cc1c[nH]c2cc(F)ccc12)N1CCCNCC1. The van der Waals surface area contributed by atoms with E-state index < -0.39 is 0 Å². The van der Waals surface area contributed by atoms with Crippen LogP contribution in [0.25, 0.3) is 10.9 Å². The molecule has 1 aliphatic rings. The Kier molecular flexibility index (Phi) is 3.69. The van der Waals surface area contributed by atoms with Crippen LogP contribution in [0.2, 0.25) is 0 Å². The highest BCUT2D eigenvalue weighted by molar-refractivity contribution is 5.89. The zero-order valence-electron chi connectivity index (χ0n) is 11.3. The Bertz CT molecular complexity index is 615. The molecule has 0 saturated carbocycles. The fourth-order valence-electron chi connectivity index (χ4n) is 2.67. The maximum Gasteiger partial charge on any atom is 0.227 e. The number of aromatic nitrogens is 1. The van der Waals surface area contributed by atoms with Crippen LogP contribution in [0.5, 0.6) is 0 Å². The lowest BCUT2D eigenvalue weighted by Crippen LogP contribution is -2.35. The number of aromatic amines is 1. The monoisotopic (exact) mass is 275 g/mol. The van der Waals surface area contributed by atoms with Gasteiger partial charge in [0.25, 0.3) is 0 Å². The lowest BCUT2D eigenvalue weighted by Gasteiger charge is -2.19. The van der Waals surface area contributed by atoms with E-state index in [2.05, 4.69) is 10.3 Å². The van der Waals surface area contributed by atoms with E-state index in [9.17, 15) is 9.18 Å². The molecule has 1 aliphatic heterocycles. The third kappa shape index (κ3) is 2.67. The number of nitrogens with one attached hydrogen (secondary N) is 2. The van der Waals surface area contributed by atoms with Gasteiger partial charge in [-0.05, 0) is 36.7 Å². The number of hydrogen-bond acceptors (Lipinski definition) is 2. The van der Waals surface area contributed by atoms with E-state index in [1.54, 1.807) is 12.3 Å². The van der Waals surface area contributed by atoms with Gasteiger partial charge in [0.2, 0.25) is 5.91 Å². The second-order valence-corrected chi connectivity index (χ2v) is 5.16. The molecule has 1 fully saturated rings. The first-order chi connectivity index (χ1) is 9.74. The van der Waals surface area contributed by atoms with Crippen molar-refractivity contribution in [3.05, 3.63) is 35.8 Å². The van der Waals surface area contributed by atoms with E-state index >= 15 is 0 Å². The minimum absolute atomic E-state index is 0.138. The first-order valence-electron chi connectivity index (χ1n) is 6.98. The average molecular weight is 275 g/mol. The summed E-state index contributed by atoms with van der Waals surface area (Å²) in [5.74, 6) is -0.130. The minimum Gasteiger partial charge on any atom is -0.361 e. The summed E-state index contributed by atoms with van der Waals surface area (Å²) < 4.78 is 13.1. The number of amides is 1. The zero-order chi connectivity index (χ0) is 13.9. The van der Waals surface area contributed by atoms with Crippen molar-refractivity contribution in [3.8, 4) is 0 Å². The molecule has 1 amide bonds. The van der Waals surface area contributed by atoms with Gasteiger partial charge in [-0.3, -0.25) is 4.79 Å². The molecule has 0 spiro atoms. The third-order valence-electron chi connectivity index (χ3n) is 3.76. The van der Waals surface area contributed by atoms with E-state index in [0.29, 0.717) is 6.42 Å². The van der Waals surface area contributed by atoms with Gasteiger partial charge >= 0.3 is 0 Å². The normalized spacial score (nSPS) is 16.4. The van der Waals surface area contributed by atoms with Crippen molar-refractivity contribution in [1.29, 1.82) is 0 Å². The molecule has 20 heavy (non-hydrogen) atoms. The summed E-state index contributed by atoms with van der Waals surface area (Å²) in [7, 11) is 0. The Hall–Kier alpha value is -1.88. The van der Waals surface area contributed by atoms with Gasteiger partial charge in [0.15, 0.2) is 0 Å². The highest BCUT2D eigenvalue weighted by Crippen LogP contribution is 2.20. The molecule has 2 heterocycles. The first kappa shape index (κ1) is 13.1. The smallest absolute Gasteiger partial charge is 0.227 e. The van der Waals surface area contributed by atoms with Crippen LogP contribution in [0.4, 0.5) is 4.39 Å². The van der Waals surface area contributed by atoms with Crippen LogP contribution < -0.4 is 5.32 Å². The van der Waals surface area contributed by atoms with Crippen molar-refractivity contribution >= 4 is 16.8 Å². The molecule has 1 aromatic heterocycles. The predicted molar refractivity (Wildman–Crippen MR) is 76.0 cm³/mol. The van der Waals surface area contributed by atoms with Crippen LogP contribution in [0.15, 0.2) is 24.4 Å². The molecular formula is C15H18FN3O. The number of benzene rings is 1. The molecule has 0 bridgehead atoms. The Balaban J connectivity index is 1.76. The number of carbonyl (C=O) groups is 1. The highest BCUT2D eigenvalue weighted by Gasteiger charge is 2.17. The summed E-state index contributed by atoms with van der Waals surface area (Å²) in [6.07, 6.45) is 3.16. The van der Waals surface area contributed by atoms with Crippen molar-refractivity contribution in [2.45, 2.75) is 12.8 Å². The fraction of sp³-hybridized carbons (Fsp3) is 0.400. The minimum atomic E-state index is -0.268. The molecule has 0 unspecified atom stereocenters. The molecule has 5 heteroatoms. The Morgan fingerprint density at radius 3 is 3.10 bits per heavy atom. The van der Waals surface area contributed by atoms with Crippen molar-refractivity contribution in [1.82, 2.24) is 15.2 Å². The molecule has 2 N–H and O–H groups in total. The number of hydrogen-bond donors (Lipinski definition) is 2. The molecule has 1 aromatic carbocycles. The quantitative estimate of drug-likeness (QED) is 0.876. The maximum atomic E-state index is 13.1. The molecular weight excluding hydrogens is 257 g/mol. The summed E-state index contributed by atoms with van der Waals surface area (Å²) >= 11 is 0. The second-order valence-electron chi connectivity index (χ2n) is 5.16. The van der Waals surface area contributed by atoms with E-state index in [1.165, 1.54) is 12.1 Å². The molecule has 1 saturated heterocycles. The van der Waals surface area contributed by atoms with Crippen LogP contribution in [-0.2, 0) is 11.2 Å². The molecule has 0 radical (unpaired) electrons. The van der Waals surface area contributed by atoms with Crippen LogP contribution in [0.3, 0.4) is 0 Å². The van der Waals surface area contributed by atoms with Gasteiger partial charge in [0, 0.05) is 36.7 Å². The maximum absolute atomic E-state index is 13.1. The molecule has 4 nitrogen and oxygen atoms in total. The van der Waals surface area contributed by atoms with E-state index in [-0.39, 0.29) is 11.7 Å². The fourth-order valence-corrected chi connectivity index (χ4v) is 2.67. The van der Waals surface area contributed by atoms with Gasteiger partial charge in [-0.15, -0.1) is 0 Å². The number of halogens is 1. The largest absolute Gasteiger partial charge is 0.361 e. The summed E-state index contributed by atoms with van der Waals surface area (Å²) in [6, 6.07) is 4.62. The standard InChI is InChI=1S/C15H18FN3O/c16-12-2-3-13-11(10-18-14(13)9-12)8-15(20)19-6-1-4-17-5-7-19/h2-3,9-10,17-18H,1,4-8H2. The van der Waals surface area contributed by atoms with Crippen molar-refractivity contribution in [3.63, 3.8) is 0 Å². The van der Waals surface area contributed by atoms with Crippen LogP contribution in [0.1, 0.15) is 12.0 Å². The lowest BCUT2D eigenvalue weighted by molar-refractivity contribution is -0.130. The van der Waals surface area contributed by atoms with Gasteiger partial charge < -0.3 is 15.2 Å². The van der Waals surface area contributed by atoms with Crippen molar-refractivity contribution in [2.24, 2.45) is 0 Å². The van der Waals surface area contributed by atoms with Crippen LogP contribution >= 0.6 is 0 Å². The highest BCUT2D eigenvalue weighted by atomic mass is 19.1. The lowest BCUT2D eigenvalue weighted by atomic mass is 10.1. The predicted octanol–water partition coefficient (Wildman–Crippen LogP) is 1.67. The summed E-state index contributed by atoms with van der Waals surface area (Å²) in [6.45, 7) is 3.39. The van der Waals surface area contributed by atoms with Gasteiger partial charge in [-0.1, -0.05) is 0 Å². The van der Waals surface area contributed by atoms with Crippen molar-refractivity contribution < 1.29 is 9.18 Å². The number of H-pyrrole nitrogens is 1. The molecule has 0 aliphatic carbocycles. The topological polar surface area (TPSA) is 48.1 Å². The molecule has 3 rings (SSSR count). The second kappa shape index (κ2) is 5.63. The number of carbonyl (C=O) groups excluding carboxylic acids is 1. The summed E-state index contributed by atoms with van der Waals surface area (Å²) in [4.78, 5) is 17.3. The van der Waals surface area contributed by atoms with E-state index in [0.717, 1.165) is 49.1 Å². The zero-order valence-corrected chi connectivity index (χ0v) is 11.3. The van der Waals surface area contributed by atoms with Gasteiger partial charge in [0.05, 0.1) is 6.42 Å². The Morgan fingerprint density at radius 2 is 2.20 bits per heavy atom. The summed E-state index contributed by atoms with van der Waals surface area (Å²) in [5, 5.41) is 4.21. The number of fused-ring (bicyclic) bond motifs is 1. The van der Waals surface area contributed by atoms with E-state index in [4.69, 9.17) is 0 Å². The molecule has 106 valence electrons. The summed E-state index contributed by atoms with van der Waals surface area (Å²) in [5.41, 5.74) is 1.67. The van der Waals surface area contributed by atoms with Crippen molar-refractivity contribution in [2.75, 3.05) is 26.2 Å². The first-order valence-corrected chi connectivity index (χ1v) is 6.98. The van der Waals surface area contributed by atoms with Gasteiger partial charge in [-0.2, -0.15) is 0 Å². The number of nitrogens with zero attached hydrogens (tertiary/aromatic N) is 1. The van der Waals surface area contributed by atoms with Gasteiger partial charge in [-0.25, -0.2) is 4.39 Å². The van der Waals surface area contributed by atoms with E-state index in [1.807, 2.05) is 4.90 Å². The third-order valence-corrected chi connectivity index (χ3v) is 3.76. The van der Waals surface area contributed by atoms with Gasteiger partial charge in [0.1, 0.15) is 5.82 Å². The number of rotatable bonds is 2. The Labute approximate surface area is 117 Å². The van der Waals surface area contributed by atoms with Crippen LogP contribution in [-0.4, -0.2) is 42.0 Å².